The first-order valence-electron chi connectivity index (χ1n) is 49.5. The summed E-state index contributed by atoms with van der Waals surface area (Å²) in [6, 6.07) is 110. The van der Waals surface area contributed by atoms with E-state index < -0.39 is 28.0 Å². The van der Waals surface area contributed by atoms with Gasteiger partial charge in [0.25, 0.3) is 23.6 Å². The molecule has 16 aromatic rings. The summed E-state index contributed by atoms with van der Waals surface area (Å²) in [5, 5.41) is 0.583. The van der Waals surface area contributed by atoms with Crippen LogP contribution in [0, 0.1) is 42.9 Å². The van der Waals surface area contributed by atoms with Crippen LogP contribution in [-0.2, 0) is 22.2 Å². The Morgan fingerprint density at radius 1 is 0.264 bits per heavy atom. The Labute approximate surface area is 858 Å². The zero-order valence-corrected chi connectivity index (χ0v) is 85.3. The number of rotatable bonds is 16. The van der Waals surface area contributed by atoms with E-state index in [1.807, 2.05) is 192 Å². The number of aryl methyl sites for hydroxylation is 4. The number of ether oxygens (including phenoxy) is 4. The van der Waals surface area contributed by atoms with Crippen molar-refractivity contribution in [3.05, 3.63) is 471 Å². The van der Waals surface area contributed by atoms with Crippen molar-refractivity contribution in [1.82, 2.24) is 0 Å². The minimum Gasteiger partial charge on any atom is -0.456 e. The molecule has 0 saturated heterocycles. The molecule has 8 aliphatic heterocycles. The number of halogens is 4. The molecule has 20 heteroatoms. The van der Waals surface area contributed by atoms with E-state index in [1.165, 1.54) is 18.2 Å². The lowest BCUT2D eigenvalue weighted by atomic mass is 9.74. The fourth-order valence-corrected chi connectivity index (χ4v) is 23.7. The van der Waals surface area contributed by atoms with Crippen LogP contribution in [0.15, 0.2) is 340 Å². The summed E-state index contributed by atoms with van der Waals surface area (Å²) in [4.78, 5) is 73.0. The summed E-state index contributed by atoms with van der Waals surface area (Å²) in [5.74, 6) is 4.68. The molecule has 4 amide bonds. The van der Waals surface area contributed by atoms with Crippen molar-refractivity contribution in [2.75, 3.05) is 91.6 Å². The van der Waals surface area contributed by atoms with Crippen LogP contribution in [0.5, 0.6) is 46.0 Å². The molecule has 16 nitrogen and oxygen atoms in total. The SMILES string of the molecule is CCN(CC)c1ccc2c(c1)Oc1cc(C)ccc1C21c2ccccc2C(=O)N1c1ccc(F)cc1.CCN(CC)c1ccc2c(c1)Oc1cc(C)ccc1C21c2ccccc2C(=O)N1c1ccc(I)cc1.CCN(CC)c1ccc2c(c1)Oc1cc(C)ccc1C21c2ccccc2C(=O)N1c1cccc(Cl)c1.CCN(CC)c1ccc2c(c1)Oc1cc(C)ccc1C21c2ccccc2C(=O)N1c1ccccc1F. The number of carbonyl (C=O) groups is 4. The van der Waals surface area contributed by atoms with Gasteiger partial charge in [-0.2, -0.15) is 0 Å². The molecular formula is C124H108ClF2IN8O8. The zero-order valence-electron chi connectivity index (χ0n) is 82.3. The maximum atomic E-state index is 15.4. The highest BCUT2D eigenvalue weighted by molar-refractivity contribution is 14.1. The van der Waals surface area contributed by atoms with Crippen molar-refractivity contribution >= 4 is 103 Å². The van der Waals surface area contributed by atoms with Gasteiger partial charge in [-0.15, -0.1) is 0 Å². The molecule has 4 unspecified atom stereocenters. The largest absolute Gasteiger partial charge is 0.456 e. The fourth-order valence-electron chi connectivity index (χ4n) is 23.1. The number of carbonyl (C=O) groups excluding carboxylic acids is 4. The predicted octanol–water partition coefficient (Wildman–Crippen LogP) is 29.1. The van der Waals surface area contributed by atoms with Gasteiger partial charge in [0.05, 0.1) is 5.69 Å². The van der Waals surface area contributed by atoms with Gasteiger partial charge >= 0.3 is 0 Å². The molecule has 0 N–H and O–H groups in total. The molecule has 144 heavy (non-hydrogen) atoms. The highest BCUT2D eigenvalue weighted by Crippen LogP contribution is 2.65. The summed E-state index contributed by atoms with van der Waals surface area (Å²) in [7, 11) is 0. The Balaban J connectivity index is 0.000000113. The van der Waals surface area contributed by atoms with E-state index >= 15 is 4.39 Å². The summed E-state index contributed by atoms with van der Waals surface area (Å²) in [6.07, 6.45) is 0. The highest BCUT2D eigenvalue weighted by atomic mass is 127. The lowest BCUT2D eigenvalue weighted by molar-refractivity contribution is 0.0977. The van der Waals surface area contributed by atoms with Crippen molar-refractivity contribution in [3.8, 4) is 46.0 Å². The number of para-hydroxylation sites is 1. The molecule has 4 spiro atoms. The van der Waals surface area contributed by atoms with Gasteiger partial charge in [-0.05, 0) is 280 Å². The molecule has 720 valence electrons. The summed E-state index contributed by atoms with van der Waals surface area (Å²) in [5.41, 5.74) is 20.9. The fraction of sp³-hybridized carbons (Fsp3) is 0.194. The lowest BCUT2D eigenvalue weighted by Crippen LogP contribution is -2.48. The minimum absolute atomic E-state index is 0.000924. The second-order valence-electron chi connectivity index (χ2n) is 37.3. The summed E-state index contributed by atoms with van der Waals surface area (Å²) >= 11 is 8.75. The van der Waals surface area contributed by atoms with E-state index in [-0.39, 0.29) is 35.1 Å². The van der Waals surface area contributed by atoms with Crippen LogP contribution in [-0.4, -0.2) is 76.0 Å². The zero-order chi connectivity index (χ0) is 100. The molecule has 0 radical (unpaired) electrons. The molecule has 0 bridgehead atoms. The smallest absolute Gasteiger partial charge is 0.260 e. The van der Waals surface area contributed by atoms with Crippen molar-refractivity contribution in [2.45, 2.75) is 105 Å². The van der Waals surface area contributed by atoms with Crippen LogP contribution >= 0.6 is 34.2 Å². The first kappa shape index (κ1) is 94.9. The van der Waals surface area contributed by atoms with Crippen LogP contribution < -0.4 is 58.1 Å². The standard InChI is InChI=1S/C31H27ClN2O2.2C31H27FN2O2.C31H27IN2O2/c1-4-33(5-2)22-14-16-27-29(19-22)36-28-17-20(3)13-15-26(28)31(27)25-12-7-6-11-24(25)30(35)34(31)23-10-8-9-21(32)18-23;1-4-33(5-2)21-15-17-25-29(19-21)36-28-18-20(3)14-16-24(28)31(25)23-11-7-6-10-22(23)30(35)34(31)27-13-9-8-12-26(27)32;2*1-4-33(5-2)23-15-17-27-29(19-23)36-28-18-20(3)10-16-26(28)31(27)25-9-7-6-8-24(25)30(35)34(31)22-13-11-21(32)12-14-22/h4*6-19H,4-5H2,1-3H3. The highest BCUT2D eigenvalue weighted by Gasteiger charge is 2.62. The molecule has 8 heterocycles. The topological polar surface area (TPSA) is 131 Å². The van der Waals surface area contributed by atoms with E-state index in [2.05, 4.69) is 239 Å². The van der Waals surface area contributed by atoms with Gasteiger partial charge in [-0.3, -0.25) is 38.8 Å². The average molecular weight is 2040 g/mol. The summed E-state index contributed by atoms with van der Waals surface area (Å²) in [6.45, 7) is 32.4. The van der Waals surface area contributed by atoms with Crippen LogP contribution in [0.2, 0.25) is 5.02 Å². The van der Waals surface area contributed by atoms with E-state index in [0.717, 1.165) is 213 Å². The third-order valence-corrected chi connectivity index (χ3v) is 30.5. The third-order valence-electron chi connectivity index (χ3n) is 29.6. The minimum atomic E-state index is -1.08. The summed E-state index contributed by atoms with van der Waals surface area (Å²) < 4.78 is 56.8. The average Bonchev–Trinajstić information content (AvgIpc) is 1.52. The van der Waals surface area contributed by atoms with Gasteiger partial charge < -0.3 is 38.5 Å². The van der Waals surface area contributed by atoms with Crippen molar-refractivity contribution < 1.29 is 46.9 Å². The maximum absolute atomic E-state index is 15.4. The van der Waals surface area contributed by atoms with E-state index in [0.29, 0.717) is 44.6 Å². The Morgan fingerprint density at radius 2 is 0.521 bits per heavy atom. The van der Waals surface area contributed by atoms with Gasteiger partial charge in [0, 0.05) is 214 Å². The molecule has 16 aromatic carbocycles. The van der Waals surface area contributed by atoms with E-state index in [9.17, 15) is 23.6 Å². The molecule has 8 aliphatic rings. The number of amides is 4. The quantitative estimate of drug-likeness (QED) is 0.0853. The Morgan fingerprint density at radius 3 is 0.819 bits per heavy atom. The Kier molecular flexibility index (Phi) is 24.9. The van der Waals surface area contributed by atoms with E-state index in [4.69, 9.17) is 30.5 Å². The molecule has 0 saturated carbocycles. The molecule has 0 aromatic heterocycles. The normalized spacial score (nSPS) is 17.4. The molecule has 0 aliphatic carbocycles. The van der Waals surface area contributed by atoms with Crippen molar-refractivity contribution in [3.63, 3.8) is 0 Å². The second kappa shape index (κ2) is 37.8. The third kappa shape index (κ3) is 15.0. The number of benzene rings is 16. The second-order valence-corrected chi connectivity index (χ2v) is 39.0. The molecule has 24 rings (SSSR count). The predicted molar refractivity (Wildman–Crippen MR) is 581 cm³/mol. The van der Waals surface area contributed by atoms with Crippen LogP contribution in [0.1, 0.15) is 186 Å². The first-order valence-corrected chi connectivity index (χ1v) is 50.9. The van der Waals surface area contributed by atoms with Crippen molar-refractivity contribution in [2.24, 2.45) is 0 Å². The Hall–Kier alpha value is -15.3. The van der Waals surface area contributed by atoms with Crippen LogP contribution in [0.25, 0.3) is 0 Å². The van der Waals surface area contributed by atoms with Crippen LogP contribution in [0.4, 0.5) is 54.3 Å². The molecular weight excluding hydrogens is 1930 g/mol. The maximum Gasteiger partial charge on any atom is 0.260 e. The molecule has 0 fully saturated rings. The van der Waals surface area contributed by atoms with Gasteiger partial charge in [0.2, 0.25) is 0 Å². The van der Waals surface area contributed by atoms with Gasteiger partial charge in [0.15, 0.2) is 0 Å². The van der Waals surface area contributed by atoms with Crippen LogP contribution in [0.3, 0.4) is 0 Å². The van der Waals surface area contributed by atoms with Gasteiger partial charge in [0.1, 0.15) is 79.8 Å². The number of hydrogen-bond donors (Lipinski definition) is 0. The van der Waals surface area contributed by atoms with Gasteiger partial charge in [-0.1, -0.05) is 175 Å². The van der Waals surface area contributed by atoms with Gasteiger partial charge in [-0.25, -0.2) is 8.78 Å². The van der Waals surface area contributed by atoms with Crippen molar-refractivity contribution in [1.29, 1.82) is 0 Å². The van der Waals surface area contributed by atoms with E-state index in [1.54, 1.807) is 35.2 Å². The monoisotopic (exact) mass is 2040 g/mol. The number of nitrogens with zero attached hydrogens (tertiary/aromatic N) is 8. The number of fused-ring (bicyclic) bond motifs is 24. The molecule has 4 atom stereocenters. The first-order chi connectivity index (χ1) is 69.9. The lowest BCUT2D eigenvalue weighted by Gasteiger charge is -2.44. The number of anilines is 8. The number of hydrogen-bond acceptors (Lipinski definition) is 12. The Bertz CT molecular complexity index is 7610.